The molecule has 0 spiro atoms. The fraction of sp³-hybridized carbons (Fsp3) is 0.400. The number of methoxy groups -OCH3 is 1. The molecular formula is C10H15BO4. The maximum absolute atomic E-state index is 8.95. The van der Waals surface area contributed by atoms with Gasteiger partial charge in [-0.05, 0) is 24.0 Å². The van der Waals surface area contributed by atoms with Crippen LogP contribution in [-0.4, -0.2) is 37.5 Å². The smallest absolute Gasteiger partial charge is 0.488 e. The second kappa shape index (κ2) is 5.75. The summed E-state index contributed by atoms with van der Waals surface area (Å²) >= 11 is 0. The zero-order valence-corrected chi connectivity index (χ0v) is 8.93. The van der Waals surface area contributed by atoms with Crippen molar-refractivity contribution in [2.75, 3.05) is 20.3 Å². The molecule has 0 radical (unpaired) electrons. The van der Waals surface area contributed by atoms with Crippen LogP contribution >= 0.6 is 0 Å². The highest BCUT2D eigenvalue weighted by Gasteiger charge is 2.12. The van der Waals surface area contributed by atoms with E-state index in [1.165, 1.54) is 0 Å². The van der Waals surface area contributed by atoms with E-state index in [0.29, 0.717) is 18.7 Å². The average molecular weight is 210 g/mol. The summed E-state index contributed by atoms with van der Waals surface area (Å²) < 4.78 is 10.3. The highest BCUT2D eigenvalue weighted by atomic mass is 16.5. The molecule has 2 N–H and O–H groups in total. The number of hydrogen-bond donors (Lipinski definition) is 2. The van der Waals surface area contributed by atoms with Gasteiger partial charge in [-0.15, -0.1) is 0 Å². The molecular weight excluding hydrogens is 195 g/mol. The SMILES string of the molecule is COCCOc1ccc(B(O)O)cc1C. The van der Waals surface area contributed by atoms with E-state index < -0.39 is 7.12 Å². The van der Waals surface area contributed by atoms with E-state index in [4.69, 9.17) is 19.5 Å². The zero-order chi connectivity index (χ0) is 11.3. The van der Waals surface area contributed by atoms with Gasteiger partial charge < -0.3 is 19.5 Å². The van der Waals surface area contributed by atoms with E-state index >= 15 is 0 Å². The van der Waals surface area contributed by atoms with Crippen LogP contribution in [0.3, 0.4) is 0 Å². The standard InChI is InChI=1S/C10H15BO4/c1-8-7-9(11(12)13)3-4-10(8)15-6-5-14-2/h3-4,7,12-13H,5-6H2,1-2H3. The van der Waals surface area contributed by atoms with Crippen LogP contribution in [0.1, 0.15) is 5.56 Å². The van der Waals surface area contributed by atoms with Crippen molar-refractivity contribution in [2.24, 2.45) is 0 Å². The number of benzene rings is 1. The molecule has 0 aliphatic rings. The summed E-state index contributed by atoms with van der Waals surface area (Å²) in [6.45, 7) is 2.87. The van der Waals surface area contributed by atoms with Crippen molar-refractivity contribution < 1.29 is 19.5 Å². The van der Waals surface area contributed by atoms with Gasteiger partial charge in [0, 0.05) is 7.11 Å². The Bertz CT molecular complexity index is 314. The molecule has 0 unspecified atom stereocenters. The van der Waals surface area contributed by atoms with Gasteiger partial charge in [0.1, 0.15) is 12.4 Å². The molecule has 0 aliphatic carbocycles. The van der Waals surface area contributed by atoms with Crippen molar-refractivity contribution in [1.29, 1.82) is 0 Å². The minimum atomic E-state index is -1.43. The molecule has 5 heteroatoms. The van der Waals surface area contributed by atoms with Gasteiger partial charge in [-0.2, -0.15) is 0 Å². The molecule has 4 nitrogen and oxygen atoms in total. The zero-order valence-electron chi connectivity index (χ0n) is 8.93. The summed E-state index contributed by atoms with van der Waals surface area (Å²) in [6, 6.07) is 5.03. The third-order valence-corrected chi connectivity index (χ3v) is 2.04. The summed E-state index contributed by atoms with van der Waals surface area (Å²) in [5.74, 6) is 0.733. The Hall–Kier alpha value is -1.04. The molecule has 0 atom stereocenters. The average Bonchev–Trinajstić information content (AvgIpc) is 2.20. The predicted octanol–water partition coefficient (Wildman–Crippen LogP) is -0.300. The summed E-state index contributed by atoms with van der Waals surface area (Å²) in [7, 11) is 0.179. The monoisotopic (exact) mass is 210 g/mol. The second-order valence-electron chi connectivity index (χ2n) is 3.24. The molecule has 82 valence electrons. The van der Waals surface area contributed by atoms with Crippen molar-refractivity contribution in [2.45, 2.75) is 6.92 Å². The van der Waals surface area contributed by atoms with Gasteiger partial charge in [0.2, 0.25) is 0 Å². The first kappa shape index (κ1) is 12.0. The van der Waals surface area contributed by atoms with Crippen LogP contribution in [0.25, 0.3) is 0 Å². The maximum atomic E-state index is 8.95. The Balaban J connectivity index is 2.66. The third kappa shape index (κ3) is 3.55. The molecule has 1 rings (SSSR count). The summed E-state index contributed by atoms with van der Waals surface area (Å²) in [5, 5.41) is 17.9. The van der Waals surface area contributed by atoms with Crippen LogP contribution in [0, 0.1) is 6.92 Å². The van der Waals surface area contributed by atoms with Gasteiger partial charge in [0.25, 0.3) is 0 Å². The molecule has 0 saturated carbocycles. The van der Waals surface area contributed by atoms with Gasteiger partial charge in [0.15, 0.2) is 0 Å². The Morgan fingerprint density at radius 3 is 2.53 bits per heavy atom. The molecule has 15 heavy (non-hydrogen) atoms. The molecule has 0 heterocycles. The van der Waals surface area contributed by atoms with Crippen LogP contribution < -0.4 is 10.2 Å². The summed E-state index contributed by atoms with van der Waals surface area (Å²) in [4.78, 5) is 0. The molecule has 0 amide bonds. The van der Waals surface area contributed by atoms with Crippen LogP contribution in [0.5, 0.6) is 5.75 Å². The Morgan fingerprint density at radius 1 is 1.27 bits per heavy atom. The fourth-order valence-corrected chi connectivity index (χ4v) is 1.23. The lowest BCUT2D eigenvalue weighted by Gasteiger charge is -2.09. The van der Waals surface area contributed by atoms with Crippen LogP contribution in [0.4, 0.5) is 0 Å². The fourth-order valence-electron chi connectivity index (χ4n) is 1.23. The largest absolute Gasteiger partial charge is 0.491 e. The lowest BCUT2D eigenvalue weighted by atomic mass is 9.79. The van der Waals surface area contributed by atoms with Crippen LogP contribution in [0.15, 0.2) is 18.2 Å². The van der Waals surface area contributed by atoms with E-state index in [2.05, 4.69) is 0 Å². The van der Waals surface area contributed by atoms with Crippen molar-refractivity contribution in [1.82, 2.24) is 0 Å². The number of rotatable bonds is 5. The Kier molecular flexibility index (Phi) is 4.61. The molecule has 1 aromatic rings. The molecule has 0 bridgehead atoms. The van der Waals surface area contributed by atoms with Gasteiger partial charge in [-0.3, -0.25) is 0 Å². The summed E-state index contributed by atoms with van der Waals surface area (Å²) in [5.41, 5.74) is 1.34. The first-order valence-electron chi connectivity index (χ1n) is 4.73. The van der Waals surface area contributed by atoms with E-state index in [0.717, 1.165) is 11.3 Å². The van der Waals surface area contributed by atoms with E-state index in [1.807, 2.05) is 6.92 Å². The first-order valence-corrected chi connectivity index (χ1v) is 4.73. The normalized spacial score (nSPS) is 10.1. The van der Waals surface area contributed by atoms with E-state index in [-0.39, 0.29) is 0 Å². The molecule has 0 aliphatic heterocycles. The first-order chi connectivity index (χ1) is 7.15. The van der Waals surface area contributed by atoms with E-state index in [1.54, 1.807) is 25.3 Å². The number of hydrogen-bond acceptors (Lipinski definition) is 4. The van der Waals surface area contributed by atoms with Crippen LogP contribution in [-0.2, 0) is 4.74 Å². The molecule has 0 fully saturated rings. The maximum Gasteiger partial charge on any atom is 0.488 e. The minimum absolute atomic E-state index is 0.464. The highest BCUT2D eigenvalue weighted by Crippen LogP contribution is 2.15. The minimum Gasteiger partial charge on any atom is -0.491 e. The number of aryl methyl sites for hydroxylation is 1. The Morgan fingerprint density at radius 2 is 2.00 bits per heavy atom. The van der Waals surface area contributed by atoms with Gasteiger partial charge in [-0.25, -0.2) is 0 Å². The van der Waals surface area contributed by atoms with Crippen molar-refractivity contribution in [3.05, 3.63) is 23.8 Å². The molecule has 1 aromatic carbocycles. The van der Waals surface area contributed by atoms with Gasteiger partial charge in [-0.1, -0.05) is 12.1 Å². The predicted molar refractivity (Wildman–Crippen MR) is 58.4 cm³/mol. The topological polar surface area (TPSA) is 58.9 Å². The van der Waals surface area contributed by atoms with Crippen molar-refractivity contribution >= 4 is 12.6 Å². The van der Waals surface area contributed by atoms with E-state index in [9.17, 15) is 0 Å². The summed E-state index contributed by atoms with van der Waals surface area (Å²) in [6.07, 6.45) is 0. The Labute approximate surface area is 89.6 Å². The van der Waals surface area contributed by atoms with Crippen molar-refractivity contribution in [3.8, 4) is 5.75 Å². The quantitative estimate of drug-likeness (QED) is 0.517. The molecule has 0 saturated heterocycles. The van der Waals surface area contributed by atoms with Gasteiger partial charge >= 0.3 is 7.12 Å². The highest BCUT2D eigenvalue weighted by molar-refractivity contribution is 6.58. The second-order valence-corrected chi connectivity index (χ2v) is 3.24. The van der Waals surface area contributed by atoms with Crippen molar-refractivity contribution in [3.63, 3.8) is 0 Å². The lowest BCUT2D eigenvalue weighted by molar-refractivity contribution is 0.146. The third-order valence-electron chi connectivity index (χ3n) is 2.04. The lowest BCUT2D eigenvalue weighted by Crippen LogP contribution is -2.29. The number of ether oxygens (including phenoxy) is 2. The van der Waals surface area contributed by atoms with Gasteiger partial charge in [0.05, 0.1) is 6.61 Å². The van der Waals surface area contributed by atoms with Crippen LogP contribution in [0.2, 0.25) is 0 Å². The molecule has 0 aromatic heterocycles.